The molecule has 1 aromatic carbocycles. The fourth-order valence-electron chi connectivity index (χ4n) is 1.84. The molecule has 100 valence electrons. The van der Waals surface area contributed by atoms with Gasteiger partial charge in [-0.25, -0.2) is 5.48 Å². The maximum atomic E-state index is 10.9. The summed E-state index contributed by atoms with van der Waals surface area (Å²) >= 11 is 0. The van der Waals surface area contributed by atoms with Gasteiger partial charge < -0.3 is 0 Å². The molecule has 2 N–H and O–H groups in total. The lowest BCUT2D eigenvalue weighted by molar-refractivity contribution is -0.124. The summed E-state index contributed by atoms with van der Waals surface area (Å²) in [7, 11) is 0. The van der Waals surface area contributed by atoms with Gasteiger partial charge in [0.2, 0.25) is 0 Å². The van der Waals surface area contributed by atoms with E-state index < -0.39 is 5.91 Å². The number of rotatable bonds is 5. The first-order chi connectivity index (χ1) is 9.22. The maximum Gasteiger partial charge on any atom is 0.267 e. The molecule has 0 saturated carbocycles. The van der Waals surface area contributed by atoms with Gasteiger partial charge in [-0.2, -0.15) is 5.10 Å². The van der Waals surface area contributed by atoms with Crippen LogP contribution in [0.25, 0.3) is 17.0 Å². The minimum atomic E-state index is -0.543. The van der Waals surface area contributed by atoms with Crippen LogP contribution in [-0.4, -0.2) is 20.9 Å². The number of aryl methyl sites for hydroxylation is 1. The first-order valence-electron chi connectivity index (χ1n) is 6.32. The van der Waals surface area contributed by atoms with Crippen molar-refractivity contribution in [3.63, 3.8) is 0 Å². The molecule has 0 aliphatic heterocycles. The Labute approximate surface area is 111 Å². The van der Waals surface area contributed by atoms with Gasteiger partial charge >= 0.3 is 0 Å². The van der Waals surface area contributed by atoms with Gasteiger partial charge in [0.25, 0.3) is 5.91 Å². The zero-order chi connectivity index (χ0) is 13.7. The Morgan fingerprint density at radius 2 is 2.37 bits per heavy atom. The molecule has 2 rings (SSSR count). The number of benzene rings is 1. The first-order valence-corrected chi connectivity index (χ1v) is 6.32. The van der Waals surface area contributed by atoms with E-state index in [0.29, 0.717) is 0 Å². The highest BCUT2D eigenvalue weighted by Gasteiger charge is 2.01. The average molecular weight is 259 g/mol. The molecule has 2 aromatic rings. The molecule has 0 spiro atoms. The van der Waals surface area contributed by atoms with Crippen molar-refractivity contribution in [2.45, 2.75) is 26.3 Å². The molecule has 19 heavy (non-hydrogen) atoms. The van der Waals surface area contributed by atoms with E-state index in [-0.39, 0.29) is 0 Å². The van der Waals surface area contributed by atoms with Gasteiger partial charge in [-0.1, -0.05) is 19.4 Å². The molecule has 5 heteroatoms. The van der Waals surface area contributed by atoms with Crippen LogP contribution in [0, 0.1) is 0 Å². The number of hydrogen-bond acceptors (Lipinski definition) is 3. The topological polar surface area (TPSA) is 67.2 Å². The van der Waals surface area contributed by atoms with Crippen molar-refractivity contribution >= 4 is 22.9 Å². The Morgan fingerprint density at radius 1 is 1.53 bits per heavy atom. The van der Waals surface area contributed by atoms with Crippen molar-refractivity contribution in [3.8, 4) is 0 Å². The number of amides is 1. The molecular formula is C14H17N3O2. The highest BCUT2D eigenvalue weighted by molar-refractivity contribution is 5.91. The summed E-state index contributed by atoms with van der Waals surface area (Å²) in [6, 6.07) is 5.78. The molecule has 0 bridgehead atoms. The molecule has 1 amide bonds. The van der Waals surface area contributed by atoms with E-state index in [9.17, 15) is 4.79 Å². The van der Waals surface area contributed by atoms with Crippen LogP contribution in [0.5, 0.6) is 0 Å². The number of fused-ring (bicyclic) bond motifs is 1. The van der Waals surface area contributed by atoms with Crippen LogP contribution in [0.1, 0.15) is 25.3 Å². The number of nitrogens with zero attached hydrogens (tertiary/aromatic N) is 2. The summed E-state index contributed by atoms with van der Waals surface area (Å²) in [6.07, 6.45) is 7.18. The molecule has 0 aliphatic carbocycles. The summed E-state index contributed by atoms with van der Waals surface area (Å²) in [5, 5.41) is 13.9. The van der Waals surface area contributed by atoms with Gasteiger partial charge in [0.15, 0.2) is 0 Å². The highest BCUT2D eigenvalue weighted by Crippen LogP contribution is 2.16. The third-order valence-electron chi connectivity index (χ3n) is 2.85. The summed E-state index contributed by atoms with van der Waals surface area (Å²) in [5.74, 6) is -0.543. The second-order valence-corrected chi connectivity index (χ2v) is 4.37. The van der Waals surface area contributed by atoms with E-state index in [2.05, 4.69) is 12.0 Å². The number of hydrogen-bond donors (Lipinski definition) is 2. The summed E-state index contributed by atoms with van der Waals surface area (Å²) in [4.78, 5) is 10.9. The highest BCUT2D eigenvalue weighted by atomic mass is 16.5. The Balaban J connectivity index is 2.20. The first kappa shape index (κ1) is 13.3. The number of nitrogens with one attached hydrogen (secondary N) is 1. The van der Waals surface area contributed by atoms with Gasteiger partial charge in [0, 0.05) is 24.2 Å². The summed E-state index contributed by atoms with van der Waals surface area (Å²) in [5.41, 5.74) is 3.40. The van der Waals surface area contributed by atoms with Gasteiger partial charge in [-0.05, 0) is 30.2 Å². The van der Waals surface area contributed by atoms with Crippen molar-refractivity contribution in [2.75, 3.05) is 0 Å². The number of aromatic nitrogens is 2. The Morgan fingerprint density at radius 3 is 3.11 bits per heavy atom. The van der Waals surface area contributed by atoms with Gasteiger partial charge in [-0.15, -0.1) is 0 Å². The molecule has 0 unspecified atom stereocenters. The molecule has 1 aromatic heterocycles. The van der Waals surface area contributed by atoms with E-state index in [1.807, 2.05) is 29.1 Å². The fraction of sp³-hybridized carbons (Fsp3) is 0.286. The zero-order valence-electron chi connectivity index (χ0n) is 10.8. The quantitative estimate of drug-likeness (QED) is 0.492. The maximum absolute atomic E-state index is 10.9. The van der Waals surface area contributed by atoms with Crippen molar-refractivity contribution in [1.82, 2.24) is 15.3 Å². The number of hydroxylamine groups is 1. The summed E-state index contributed by atoms with van der Waals surface area (Å²) in [6.45, 7) is 3.07. The van der Waals surface area contributed by atoms with Crippen LogP contribution in [0.4, 0.5) is 0 Å². The number of carbonyl (C=O) groups excluding carboxylic acids is 1. The van der Waals surface area contributed by atoms with E-state index in [0.717, 1.165) is 35.9 Å². The molecule has 0 atom stereocenters. The van der Waals surface area contributed by atoms with Crippen molar-refractivity contribution in [3.05, 3.63) is 36.0 Å². The minimum absolute atomic E-state index is 0.543. The minimum Gasteiger partial charge on any atom is -0.288 e. The average Bonchev–Trinajstić information content (AvgIpc) is 2.84. The van der Waals surface area contributed by atoms with Crippen molar-refractivity contribution in [1.29, 1.82) is 0 Å². The third-order valence-corrected chi connectivity index (χ3v) is 2.85. The molecule has 0 fully saturated rings. The summed E-state index contributed by atoms with van der Waals surface area (Å²) < 4.78 is 1.95. The molecule has 0 saturated heterocycles. The molecular weight excluding hydrogens is 242 g/mol. The SMILES string of the molecule is CCCCn1cc2cc(/C=C/C(=O)NO)ccc2n1. The molecule has 0 aliphatic rings. The van der Waals surface area contributed by atoms with E-state index in [4.69, 9.17) is 5.21 Å². The van der Waals surface area contributed by atoms with Crippen molar-refractivity contribution in [2.24, 2.45) is 0 Å². The monoisotopic (exact) mass is 259 g/mol. The van der Waals surface area contributed by atoms with E-state index >= 15 is 0 Å². The van der Waals surface area contributed by atoms with Crippen LogP contribution < -0.4 is 5.48 Å². The smallest absolute Gasteiger partial charge is 0.267 e. The van der Waals surface area contributed by atoms with Gasteiger partial charge in [0.1, 0.15) is 0 Å². The van der Waals surface area contributed by atoms with Gasteiger partial charge in [-0.3, -0.25) is 14.7 Å². The zero-order valence-corrected chi connectivity index (χ0v) is 10.8. The Kier molecular flexibility index (Phi) is 4.30. The largest absolute Gasteiger partial charge is 0.288 e. The van der Waals surface area contributed by atoms with Crippen LogP contribution in [0.2, 0.25) is 0 Å². The lowest BCUT2D eigenvalue weighted by atomic mass is 10.1. The van der Waals surface area contributed by atoms with Crippen LogP contribution >= 0.6 is 0 Å². The lowest BCUT2D eigenvalue weighted by Gasteiger charge is -1.96. The Bertz CT molecular complexity index is 602. The fourth-order valence-corrected chi connectivity index (χ4v) is 1.84. The second kappa shape index (κ2) is 6.15. The third kappa shape index (κ3) is 3.42. The predicted molar refractivity (Wildman–Crippen MR) is 73.6 cm³/mol. The predicted octanol–water partition coefficient (Wildman–Crippen LogP) is 2.36. The van der Waals surface area contributed by atoms with E-state index in [1.54, 1.807) is 11.6 Å². The van der Waals surface area contributed by atoms with Crippen molar-refractivity contribution < 1.29 is 10.0 Å². The molecule has 0 radical (unpaired) electrons. The number of unbranched alkanes of at least 4 members (excludes halogenated alkanes) is 1. The Hall–Kier alpha value is -2.14. The number of carbonyl (C=O) groups is 1. The molecule has 5 nitrogen and oxygen atoms in total. The second-order valence-electron chi connectivity index (χ2n) is 4.37. The van der Waals surface area contributed by atoms with Crippen LogP contribution in [0.3, 0.4) is 0 Å². The normalized spacial score (nSPS) is 11.3. The van der Waals surface area contributed by atoms with Crippen LogP contribution in [-0.2, 0) is 11.3 Å². The van der Waals surface area contributed by atoms with Crippen LogP contribution in [0.15, 0.2) is 30.5 Å². The molecule has 1 heterocycles. The van der Waals surface area contributed by atoms with E-state index in [1.165, 1.54) is 6.08 Å². The standard InChI is InChI=1S/C14H17N3O2/c1-2-3-8-17-10-12-9-11(4-6-13(12)15-17)5-7-14(18)16-19/h4-7,9-10,19H,2-3,8H2,1H3,(H,16,18)/b7-5+. The van der Waals surface area contributed by atoms with Gasteiger partial charge in [0.05, 0.1) is 5.52 Å². The lowest BCUT2D eigenvalue weighted by Crippen LogP contribution is -2.14.